The molecule has 0 spiro atoms. The predicted molar refractivity (Wildman–Crippen MR) is 82.5 cm³/mol. The smallest absolute Gasteiger partial charge is 0.238 e. The van der Waals surface area contributed by atoms with Crippen LogP contribution in [-0.4, -0.2) is 21.0 Å². The maximum absolute atomic E-state index is 12.0. The molecule has 0 saturated heterocycles. The molecule has 1 atom stereocenters. The first kappa shape index (κ1) is 15.4. The summed E-state index contributed by atoms with van der Waals surface area (Å²) >= 11 is 0. The maximum atomic E-state index is 12.0. The van der Waals surface area contributed by atoms with Gasteiger partial charge in [0, 0.05) is 22.6 Å². The Balaban J connectivity index is 1.90. The van der Waals surface area contributed by atoms with E-state index in [-0.39, 0.29) is 11.7 Å². The van der Waals surface area contributed by atoms with E-state index in [9.17, 15) is 9.00 Å². The largest absolute Gasteiger partial charge is 0.360 e. The van der Waals surface area contributed by atoms with Crippen molar-refractivity contribution in [3.8, 4) is 0 Å². The Hall–Kier alpha value is -1.95. The topological polar surface area (TPSA) is 72.2 Å². The third-order valence-corrected chi connectivity index (χ3v) is 4.04. The van der Waals surface area contributed by atoms with Crippen molar-refractivity contribution in [2.24, 2.45) is 0 Å². The number of nitrogens with zero attached hydrogens (tertiary/aromatic N) is 1. The molecule has 0 aliphatic rings. The molecule has 1 amide bonds. The minimum atomic E-state index is -1.25. The van der Waals surface area contributed by atoms with Crippen LogP contribution < -0.4 is 5.32 Å². The molecule has 0 fully saturated rings. The van der Waals surface area contributed by atoms with Crippen molar-refractivity contribution in [3.05, 3.63) is 46.7 Å². The Labute approximate surface area is 126 Å². The lowest BCUT2D eigenvalue weighted by Gasteiger charge is -2.05. The first-order chi connectivity index (χ1) is 9.92. The van der Waals surface area contributed by atoms with Crippen LogP contribution in [0.4, 0.5) is 5.82 Å². The molecule has 1 aromatic heterocycles. The lowest BCUT2D eigenvalue weighted by atomic mass is 10.1. The van der Waals surface area contributed by atoms with E-state index in [2.05, 4.69) is 16.5 Å². The van der Waals surface area contributed by atoms with Gasteiger partial charge in [0.25, 0.3) is 0 Å². The Morgan fingerprint density at radius 2 is 1.86 bits per heavy atom. The summed E-state index contributed by atoms with van der Waals surface area (Å²) in [6.07, 6.45) is 0. The number of rotatable bonds is 5. The highest BCUT2D eigenvalue weighted by molar-refractivity contribution is 7.84. The summed E-state index contributed by atoms with van der Waals surface area (Å²) in [5, 5.41) is 6.23. The van der Waals surface area contributed by atoms with Gasteiger partial charge in [-0.2, -0.15) is 0 Å². The van der Waals surface area contributed by atoms with E-state index in [1.54, 1.807) is 13.0 Å². The van der Waals surface area contributed by atoms with Crippen LogP contribution in [0.25, 0.3) is 0 Å². The second-order valence-corrected chi connectivity index (χ2v) is 6.55. The Morgan fingerprint density at radius 1 is 1.19 bits per heavy atom. The third-order valence-electron chi connectivity index (χ3n) is 2.80. The fourth-order valence-electron chi connectivity index (χ4n) is 2.14. The summed E-state index contributed by atoms with van der Waals surface area (Å²) in [7, 11) is -1.25. The van der Waals surface area contributed by atoms with Crippen molar-refractivity contribution in [1.82, 2.24) is 5.16 Å². The van der Waals surface area contributed by atoms with Gasteiger partial charge in [0.15, 0.2) is 5.82 Å². The molecular formula is C15H18N2O3S. The number of aromatic nitrogens is 1. The van der Waals surface area contributed by atoms with Crippen LogP contribution in [0.5, 0.6) is 0 Å². The van der Waals surface area contributed by atoms with Crippen molar-refractivity contribution in [1.29, 1.82) is 0 Å². The number of carbonyl (C=O) groups is 1. The molecule has 2 aromatic rings. The number of carbonyl (C=O) groups excluding carboxylic acids is 1. The third kappa shape index (κ3) is 4.82. The molecule has 21 heavy (non-hydrogen) atoms. The fourth-order valence-corrected chi connectivity index (χ4v) is 3.14. The van der Waals surface area contributed by atoms with Gasteiger partial charge in [0.2, 0.25) is 5.91 Å². The predicted octanol–water partition coefficient (Wildman–Crippen LogP) is 2.49. The Bertz CT molecular complexity index is 659. The molecule has 1 N–H and O–H groups in total. The zero-order valence-electron chi connectivity index (χ0n) is 12.3. The average molecular weight is 306 g/mol. The van der Waals surface area contributed by atoms with Crippen molar-refractivity contribution in [3.63, 3.8) is 0 Å². The lowest BCUT2D eigenvalue weighted by Crippen LogP contribution is -2.20. The number of benzene rings is 1. The van der Waals surface area contributed by atoms with Crippen molar-refractivity contribution in [2.75, 3.05) is 11.1 Å². The number of hydrogen-bond donors (Lipinski definition) is 1. The average Bonchev–Trinajstić information content (AvgIpc) is 2.72. The molecule has 0 aliphatic heterocycles. The van der Waals surface area contributed by atoms with Crippen LogP contribution in [0.1, 0.15) is 22.5 Å². The highest BCUT2D eigenvalue weighted by Crippen LogP contribution is 2.11. The number of nitrogens with one attached hydrogen (secondary N) is 1. The van der Waals surface area contributed by atoms with Crippen LogP contribution in [0.3, 0.4) is 0 Å². The monoisotopic (exact) mass is 306 g/mol. The summed E-state index contributed by atoms with van der Waals surface area (Å²) in [5.41, 5.74) is 3.24. The van der Waals surface area contributed by atoms with Gasteiger partial charge < -0.3 is 9.84 Å². The first-order valence-electron chi connectivity index (χ1n) is 6.57. The zero-order valence-corrected chi connectivity index (χ0v) is 13.1. The molecule has 0 aliphatic carbocycles. The van der Waals surface area contributed by atoms with Crippen LogP contribution in [0, 0.1) is 20.8 Å². The highest BCUT2D eigenvalue weighted by Gasteiger charge is 2.11. The van der Waals surface area contributed by atoms with Gasteiger partial charge in [-0.3, -0.25) is 9.00 Å². The number of hydrogen-bond acceptors (Lipinski definition) is 4. The summed E-state index contributed by atoms with van der Waals surface area (Å²) in [6.45, 7) is 5.74. The van der Waals surface area contributed by atoms with E-state index in [0.717, 1.165) is 16.7 Å². The molecule has 112 valence electrons. The number of anilines is 1. The van der Waals surface area contributed by atoms with E-state index >= 15 is 0 Å². The molecular weight excluding hydrogens is 288 g/mol. The van der Waals surface area contributed by atoms with Crippen LogP contribution in [0.15, 0.2) is 28.8 Å². The summed E-state index contributed by atoms with van der Waals surface area (Å²) in [6, 6.07) is 7.66. The van der Waals surface area contributed by atoms with Gasteiger partial charge >= 0.3 is 0 Å². The minimum absolute atomic E-state index is 0.0566. The second kappa shape index (κ2) is 6.67. The van der Waals surface area contributed by atoms with Crippen LogP contribution in [0.2, 0.25) is 0 Å². The number of amides is 1. The van der Waals surface area contributed by atoms with E-state index < -0.39 is 10.8 Å². The lowest BCUT2D eigenvalue weighted by molar-refractivity contribution is -0.113. The van der Waals surface area contributed by atoms with Crippen molar-refractivity contribution >= 4 is 22.5 Å². The molecule has 0 saturated carbocycles. The molecule has 0 unspecified atom stereocenters. The maximum Gasteiger partial charge on any atom is 0.238 e. The standard InChI is InChI=1S/C15H18N2O3S/c1-10-4-11(2)6-13(5-10)8-21(19)9-15(18)16-14-7-12(3)20-17-14/h4-7H,8-9H2,1-3H3,(H,16,17,18)/t21-/m1/s1. The van der Waals surface area contributed by atoms with E-state index in [4.69, 9.17) is 4.52 Å². The molecule has 0 radical (unpaired) electrons. The van der Waals surface area contributed by atoms with E-state index in [0.29, 0.717) is 17.3 Å². The van der Waals surface area contributed by atoms with Gasteiger partial charge in [0.05, 0.1) is 0 Å². The van der Waals surface area contributed by atoms with Crippen molar-refractivity contribution < 1.29 is 13.5 Å². The molecule has 6 heteroatoms. The van der Waals surface area contributed by atoms with Crippen molar-refractivity contribution in [2.45, 2.75) is 26.5 Å². The minimum Gasteiger partial charge on any atom is -0.360 e. The summed E-state index contributed by atoms with van der Waals surface area (Å²) in [4.78, 5) is 11.8. The van der Waals surface area contributed by atoms with Crippen LogP contribution in [-0.2, 0) is 21.3 Å². The van der Waals surface area contributed by atoms with Gasteiger partial charge in [-0.25, -0.2) is 0 Å². The molecule has 1 heterocycles. The first-order valence-corrected chi connectivity index (χ1v) is 8.06. The zero-order chi connectivity index (χ0) is 15.4. The second-order valence-electron chi connectivity index (χ2n) is 5.10. The summed E-state index contributed by atoms with van der Waals surface area (Å²) in [5.74, 6) is 0.945. The van der Waals surface area contributed by atoms with Gasteiger partial charge in [-0.15, -0.1) is 0 Å². The number of aryl methyl sites for hydroxylation is 3. The Kier molecular flexibility index (Phi) is 4.90. The van der Waals surface area contributed by atoms with Gasteiger partial charge in [-0.1, -0.05) is 34.5 Å². The highest BCUT2D eigenvalue weighted by atomic mass is 32.2. The van der Waals surface area contributed by atoms with Gasteiger partial charge in [-0.05, 0) is 26.3 Å². The molecule has 5 nitrogen and oxygen atoms in total. The summed E-state index contributed by atoms with van der Waals surface area (Å²) < 4.78 is 16.9. The quantitative estimate of drug-likeness (QED) is 0.921. The van der Waals surface area contributed by atoms with Gasteiger partial charge in [0.1, 0.15) is 11.5 Å². The van der Waals surface area contributed by atoms with E-state index in [1.807, 2.05) is 26.0 Å². The molecule has 2 rings (SSSR count). The van der Waals surface area contributed by atoms with E-state index in [1.165, 1.54) is 0 Å². The van der Waals surface area contributed by atoms with Crippen LogP contribution >= 0.6 is 0 Å². The normalized spacial score (nSPS) is 12.1. The Morgan fingerprint density at radius 3 is 2.43 bits per heavy atom. The SMILES string of the molecule is Cc1cc(C)cc(C[S@@](=O)CC(=O)Nc2cc(C)on2)c1. The fraction of sp³-hybridized carbons (Fsp3) is 0.333. The molecule has 1 aromatic carbocycles. The molecule has 0 bridgehead atoms.